The number of nitrogens with zero attached hydrogens (tertiary/aromatic N) is 3. The molecule has 4 nitrogen and oxygen atoms in total. The van der Waals surface area contributed by atoms with Crippen molar-refractivity contribution in [3.05, 3.63) is 47.8 Å². The number of aromatic nitrogens is 2. The summed E-state index contributed by atoms with van der Waals surface area (Å²) in [5.74, 6) is 1.78. The molecule has 1 heterocycles. The molecule has 0 aliphatic heterocycles. The van der Waals surface area contributed by atoms with Gasteiger partial charge in [0.1, 0.15) is 18.0 Å². The monoisotopic (exact) mass is 256 g/mol. The van der Waals surface area contributed by atoms with Gasteiger partial charge in [-0.2, -0.15) is 0 Å². The molecule has 1 aromatic carbocycles. The lowest BCUT2D eigenvalue weighted by molar-refractivity contribution is 0.852. The Labute approximate surface area is 114 Å². The zero-order valence-electron chi connectivity index (χ0n) is 11.7. The molecule has 0 unspecified atom stereocenters. The lowest BCUT2D eigenvalue weighted by Crippen LogP contribution is -2.21. The first-order valence-electron chi connectivity index (χ1n) is 6.46. The third-order valence-electron chi connectivity index (χ3n) is 3.28. The maximum Gasteiger partial charge on any atom is 0.133 e. The van der Waals surface area contributed by atoms with Gasteiger partial charge in [0.2, 0.25) is 0 Å². The van der Waals surface area contributed by atoms with Crippen LogP contribution in [-0.4, -0.2) is 30.6 Å². The molecule has 0 aliphatic rings. The zero-order chi connectivity index (χ0) is 13.7. The van der Waals surface area contributed by atoms with E-state index in [0.29, 0.717) is 0 Å². The Morgan fingerprint density at radius 3 is 2.74 bits per heavy atom. The fourth-order valence-electron chi connectivity index (χ4n) is 1.99. The predicted octanol–water partition coefficient (Wildman–Crippen LogP) is 2.51. The number of benzene rings is 1. The number of hydrogen-bond acceptors (Lipinski definition) is 4. The first kappa shape index (κ1) is 13.3. The Balaban J connectivity index is 2.01. The van der Waals surface area contributed by atoms with Crippen LogP contribution in [0.5, 0.6) is 0 Å². The first-order chi connectivity index (χ1) is 9.20. The molecule has 0 saturated heterocycles. The summed E-state index contributed by atoms with van der Waals surface area (Å²) in [5.41, 5.74) is 2.73. The summed E-state index contributed by atoms with van der Waals surface area (Å²) in [4.78, 5) is 10.6. The summed E-state index contributed by atoms with van der Waals surface area (Å²) < 4.78 is 0. The molecule has 1 N–H and O–H groups in total. The highest BCUT2D eigenvalue weighted by Gasteiger charge is 2.05. The number of nitrogens with one attached hydrogen (secondary N) is 1. The molecule has 2 aromatic rings. The van der Waals surface area contributed by atoms with Crippen LogP contribution < -0.4 is 10.2 Å². The van der Waals surface area contributed by atoms with Gasteiger partial charge in [0, 0.05) is 26.7 Å². The minimum absolute atomic E-state index is 0.841. The first-order valence-corrected chi connectivity index (χ1v) is 6.46. The standard InChI is InChI=1S/C15H20N4/c1-12-6-4-5-7-13(12)8-9-19(3)15-10-14(16-2)17-11-18-15/h4-7,10-11H,8-9H2,1-3H3,(H,16,17,18). The quantitative estimate of drug-likeness (QED) is 0.892. The molecule has 0 fully saturated rings. The molecule has 1 aromatic heterocycles. The van der Waals surface area contributed by atoms with Gasteiger partial charge in [-0.05, 0) is 24.5 Å². The molecule has 0 radical (unpaired) electrons. The van der Waals surface area contributed by atoms with Crippen molar-refractivity contribution in [1.82, 2.24) is 9.97 Å². The lowest BCUT2D eigenvalue weighted by Gasteiger charge is -2.19. The van der Waals surface area contributed by atoms with E-state index >= 15 is 0 Å². The van der Waals surface area contributed by atoms with Gasteiger partial charge in [0.25, 0.3) is 0 Å². The highest BCUT2D eigenvalue weighted by molar-refractivity contribution is 5.47. The highest BCUT2D eigenvalue weighted by Crippen LogP contribution is 2.14. The second kappa shape index (κ2) is 6.18. The maximum absolute atomic E-state index is 4.30. The minimum Gasteiger partial charge on any atom is -0.373 e. The highest BCUT2D eigenvalue weighted by atomic mass is 15.2. The van der Waals surface area contributed by atoms with Gasteiger partial charge >= 0.3 is 0 Å². The molecular formula is C15H20N4. The Bertz CT molecular complexity index is 539. The fourth-order valence-corrected chi connectivity index (χ4v) is 1.99. The van der Waals surface area contributed by atoms with Crippen molar-refractivity contribution in [2.75, 3.05) is 30.9 Å². The molecule has 0 bridgehead atoms. The summed E-state index contributed by atoms with van der Waals surface area (Å²) in [6.45, 7) is 3.09. The molecule has 0 aliphatic carbocycles. The molecular weight excluding hydrogens is 236 g/mol. The molecule has 100 valence electrons. The Kier molecular flexibility index (Phi) is 4.34. The molecule has 4 heteroatoms. The maximum atomic E-state index is 4.30. The Morgan fingerprint density at radius 1 is 1.21 bits per heavy atom. The van der Waals surface area contributed by atoms with E-state index in [9.17, 15) is 0 Å². The van der Waals surface area contributed by atoms with Crippen molar-refractivity contribution >= 4 is 11.6 Å². The fraction of sp³-hybridized carbons (Fsp3) is 0.333. The number of aryl methyl sites for hydroxylation is 1. The van der Waals surface area contributed by atoms with Crippen molar-refractivity contribution in [3.63, 3.8) is 0 Å². The van der Waals surface area contributed by atoms with E-state index in [-0.39, 0.29) is 0 Å². The van der Waals surface area contributed by atoms with Crippen molar-refractivity contribution < 1.29 is 0 Å². The topological polar surface area (TPSA) is 41.0 Å². The largest absolute Gasteiger partial charge is 0.373 e. The van der Waals surface area contributed by atoms with E-state index in [2.05, 4.69) is 58.4 Å². The van der Waals surface area contributed by atoms with E-state index in [1.54, 1.807) is 6.33 Å². The van der Waals surface area contributed by atoms with Crippen LogP contribution in [0.25, 0.3) is 0 Å². The minimum atomic E-state index is 0.841. The number of rotatable bonds is 5. The van der Waals surface area contributed by atoms with E-state index in [0.717, 1.165) is 24.6 Å². The summed E-state index contributed by atoms with van der Waals surface area (Å²) in [6.07, 6.45) is 2.60. The van der Waals surface area contributed by atoms with Crippen LogP contribution in [0.15, 0.2) is 36.7 Å². The van der Waals surface area contributed by atoms with Crippen LogP contribution in [0.2, 0.25) is 0 Å². The van der Waals surface area contributed by atoms with Crippen molar-refractivity contribution in [2.24, 2.45) is 0 Å². The summed E-state index contributed by atoms with van der Waals surface area (Å²) in [5, 5.41) is 3.03. The average molecular weight is 256 g/mol. The molecule has 19 heavy (non-hydrogen) atoms. The van der Waals surface area contributed by atoms with Gasteiger partial charge in [0.15, 0.2) is 0 Å². The molecule has 0 atom stereocenters. The van der Waals surface area contributed by atoms with Gasteiger partial charge in [-0.25, -0.2) is 9.97 Å². The molecule has 0 spiro atoms. The molecule has 0 amide bonds. The van der Waals surface area contributed by atoms with Crippen LogP contribution >= 0.6 is 0 Å². The molecule has 0 saturated carbocycles. The zero-order valence-corrected chi connectivity index (χ0v) is 11.7. The Morgan fingerprint density at radius 2 is 2.00 bits per heavy atom. The smallest absolute Gasteiger partial charge is 0.133 e. The van der Waals surface area contributed by atoms with Crippen LogP contribution in [0.3, 0.4) is 0 Å². The van der Waals surface area contributed by atoms with Crippen LogP contribution in [-0.2, 0) is 6.42 Å². The van der Waals surface area contributed by atoms with E-state index in [1.807, 2.05) is 13.1 Å². The lowest BCUT2D eigenvalue weighted by atomic mass is 10.1. The van der Waals surface area contributed by atoms with Crippen molar-refractivity contribution in [1.29, 1.82) is 0 Å². The van der Waals surface area contributed by atoms with Crippen LogP contribution in [0.1, 0.15) is 11.1 Å². The average Bonchev–Trinajstić information content (AvgIpc) is 2.46. The van der Waals surface area contributed by atoms with Crippen LogP contribution in [0, 0.1) is 6.92 Å². The number of likely N-dealkylation sites (N-methyl/N-ethyl adjacent to an activating group) is 1. The summed E-state index contributed by atoms with van der Waals surface area (Å²) in [6, 6.07) is 10.5. The molecule has 2 rings (SSSR count). The van der Waals surface area contributed by atoms with Gasteiger partial charge < -0.3 is 10.2 Å². The summed E-state index contributed by atoms with van der Waals surface area (Å²) >= 11 is 0. The third-order valence-corrected chi connectivity index (χ3v) is 3.28. The second-order valence-corrected chi connectivity index (χ2v) is 4.61. The summed E-state index contributed by atoms with van der Waals surface area (Å²) in [7, 11) is 3.92. The third kappa shape index (κ3) is 3.44. The predicted molar refractivity (Wildman–Crippen MR) is 79.7 cm³/mol. The van der Waals surface area contributed by atoms with E-state index in [1.165, 1.54) is 11.1 Å². The van der Waals surface area contributed by atoms with Crippen molar-refractivity contribution in [2.45, 2.75) is 13.3 Å². The number of anilines is 2. The van der Waals surface area contributed by atoms with Gasteiger partial charge in [-0.15, -0.1) is 0 Å². The van der Waals surface area contributed by atoms with Gasteiger partial charge in [-0.1, -0.05) is 24.3 Å². The van der Waals surface area contributed by atoms with Crippen molar-refractivity contribution in [3.8, 4) is 0 Å². The van der Waals surface area contributed by atoms with Gasteiger partial charge in [-0.3, -0.25) is 0 Å². The van der Waals surface area contributed by atoms with E-state index in [4.69, 9.17) is 0 Å². The number of hydrogen-bond donors (Lipinski definition) is 1. The second-order valence-electron chi connectivity index (χ2n) is 4.61. The Hall–Kier alpha value is -2.10. The van der Waals surface area contributed by atoms with E-state index < -0.39 is 0 Å². The van der Waals surface area contributed by atoms with Crippen LogP contribution in [0.4, 0.5) is 11.6 Å². The van der Waals surface area contributed by atoms with Gasteiger partial charge in [0.05, 0.1) is 0 Å². The SMILES string of the molecule is CNc1cc(N(C)CCc2ccccc2C)ncn1. The normalized spacial score (nSPS) is 10.3.